The molecule has 1 atom stereocenters. The van der Waals surface area contributed by atoms with Gasteiger partial charge in [-0.3, -0.25) is 0 Å². The number of hydrogen-bond acceptors (Lipinski definition) is 4. The molecular weight excluding hydrogens is 144 g/mol. The van der Waals surface area contributed by atoms with E-state index in [2.05, 4.69) is 11.4 Å². The minimum absolute atomic E-state index is 0.208. The van der Waals surface area contributed by atoms with E-state index < -0.39 is 0 Å². The first-order valence-corrected chi connectivity index (χ1v) is 3.41. The fraction of sp³-hybridized carbons (Fsp3) is 0.857. The molecule has 0 aromatic heterocycles. The van der Waals surface area contributed by atoms with Gasteiger partial charge in [0.2, 0.25) is 0 Å². The maximum absolute atomic E-state index is 8.54. The quantitative estimate of drug-likeness (QED) is 0.577. The lowest BCUT2D eigenvalue weighted by Crippen LogP contribution is -2.29. The molecular formula is C7H14N2O2. The van der Waals surface area contributed by atoms with Gasteiger partial charge in [-0.2, -0.15) is 5.26 Å². The molecule has 0 aliphatic heterocycles. The van der Waals surface area contributed by atoms with E-state index in [1.54, 1.807) is 21.3 Å². The van der Waals surface area contributed by atoms with Crippen molar-refractivity contribution in [2.75, 3.05) is 21.3 Å². The van der Waals surface area contributed by atoms with E-state index in [1.807, 2.05) is 0 Å². The van der Waals surface area contributed by atoms with Crippen molar-refractivity contribution in [1.29, 1.82) is 5.26 Å². The highest BCUT2D eigenvalue weighted by molar-refractivity contribution is 4.88. The summed E-state index contributed by atoms with van der Waals surface area (Å²) in [5.41, 5.74) is 0. The summed E-state index contributed by atoms with van der Waals surface area (Å²) < 4.78 is 9.84. The molecule has 4 heteroatoms. The number of rotatable bonds is 5. The van der Waals surface area contributed by atoms with Gasteiger partial charge in [0.1, 0.15) is 0 Å². The average Bonchev–Trinajstić information content (AvgIpc) is 2.07. The SMILES string of the molecule is CNC(C#N)CC(OC)OC. The van der Waals surface area contributed by atoms with E-state index in [4.69, 9.17) is 14.7 Å². The second-order valence-electron chi connectivity index (χ2n) is 2.11. The Labute approximate surface area is 67.1 Å². The van der Waals surface area contributed by atoms with Gasteiger partial charge in [0.15, 0.2) is 6.29 Å². The standard InChI is InChI=1S/C7H14N2O2/c1-9-6(5-8)4-7(10-2)11-3/h6-7,9H,4H2,1-3H3. The highest BCUT2D eigenvalue weighted by Crippen LogP contribution is 2.01. The molecule has 4 nitrogen and oxygen atoms in total. The molecule has 0 aliphatic carbocycles. The minimum Gasteiger partial charge on any atom is -0.356 e. The van der Waals surface area contributed by atoms with E-state index in [-0.39, 0.29) is 12.3 Å². The van der Waals surface area contributed by atoms with E-state index in [1.165, 1.54) is 0 Å². The first-order valence-electron chi connectivity index (χ1n) is 3.41. The molecule has 0 bridgehead atoms. The highest BCUT2D eigenvalue weighted by Gasteiger charge is 2.12. The Balaban J connectivity index is 3.70. The maximum atomic E-state index is 8.54. The zero-order chi connectivity index (χ0) is 8.69. The Morgan fingerprint density at radius 3 is 2.27 bits per heavy atom. The molecule has 1 N–H and O–H groups in total. The normalized spacial score (nSPS) is 13.0. The summed E-state index contributed by atoms with van der Waals surface area (Å²) in [6.07, 6.45) is 0.243. The van der Waals surface area contributed by atoms with Crippen LogP contribution in [0, 0.1) is 11.3 Å². The van der Waals surface area contributed by atoms with Gasteiger partial charge in [-0.25, -0.2) is 0 Å². The number of hydrogen-bond donors (Lipinski definition) is 1. The van der Waals surface area contributed by atoms with Crippen LogP contribution in [0.25, 0.3) is 0 Å². The number of methoxy groups -OCH3 is 2. The molecule has 0 aromatic carbocycles. The average molecular weight is 158 g/mol. The topological polar surface area (TPSA) is 54.3 Å². The van der Waals surface area contributed by atoms with Crippen LogP contribution < -0.4 is 5.32 Å². The summed E-state index contributed by atoms with van der Waals surface area (Å²) in [7, 11) is 4.84. The van der Waals surface area contributed by atoms with Crippen LogP contribution in [0.2, 0.25) is 0 Å². The lowest BCUT2D eigenvalue weighted by molar-refractivity contribution is -0.108. The first-order chi connectivity index (χ1) is 5.28. The lowest BCUT2D eigenvalue weighted by atomic mass is 10.2. The van der Waals surface area contributed by atoms with E-state index in [0.29, 0.717) is 6.42 Å². The van der Waals surface area contributed by atoms with Crippen LogP contribution in [0.1, 0.15) is 6.42 Å². The zero-order valence-electron chi connectivity index (χ0n) is 7.13. The zero-order valence-corrected chi connectivity index (χ0v) is 7.13. The van der Waals surface area contributed by atoms with Crippen LogP contribution in [0.5, 0.6) is 0 Å². The molecule has 0 saturated carbocycles. The molecule has 0 rings (SSSR count). The van der Waals surface area contributed by atoms with Crippen molar-refractivity contribution in [3.63, 3.8) is 0 Å². The molecule has 0 aliphatic rings. The molecule has 0 fully saturated rings. The van der Waals surface area contributed by atoms with Crippen LogP contribution in [0.3, 0.4) is 0 Å². The van der Waals surface area contributed by atoms with E-state index in [0.717, 1.165) is 0 Å². The smallest absolute Gasteiger partial charge is 0.159 e. The van der Waals surface area contributed by atoms with Crippen LogP contribution >= 0.6 is 0 Å². The van der Waals surface area contributed by atoms with Crippen LogP contribution in [0.15, 0.2) is 0 Å². The van der Waals surface area contributed by atoms with Gasteiger partial charge in [0.05, 0.1) is 12.1 Å². The Kier molecular flexibility index (Phi) is 5.75. The summed E-state index contributed by atoms with van der Waals surface area (Å²) in [4.78, 5) is 0. The molecule has 1 unspecified atom stereocenters. The summed E-state index contributed by atoms with van der Waals surface area (Å²) >= 11 is 0. The fourth-order valence-electron chi connectivity index (χ4n) is 0.716. The van der Waals surface area contributed by atoms with Crippen LogP contribution in [-0.2, 0) is 9.47 Å². The third-order valence-corrected chi connectivity index (χ3v) is 1.46. The van der Waals surface area contributed by atoms with Crippen molar-refractivity contribution in [2.45, 2.75) is 18.8 Å². The Morgan fingerprint density at radius 1 is 1.45 bits per heavy atom. The molecule has 64 valence electrons. The minimum atomic E-state index is -0.299. The molecule has 0 amide bonds. The van der Waals surface area contributed by atoms with Gasteiger partial charge in [-0.1, -0.05) is 0 Å². The van der Waals surface area contributed by atoms with Crippen LogP contribution in [0.4, 0.5) is 0 Å². The fourth-order valence-corrected chi connectivity index (χ4v) is 0.716. The maximum Gasteiger partial charge on any atom is 0.159 e. The molecule has 0 spiro atoms. The summed E-state index contributed by atoms with van der Waals surface area (Å²) in [5, 5.41) is 11.4. The van der Waals surface area contributed by atoms with E-state index >= 15 is 0 Å². The van der Waals surface area contributed by atoms with Crippen molar-refractivity contribution in [3.05, 3.63) is 0 Å². The Bertz CT molecular complexity index is 129. The van der Waals surface area contributed by atoms with Gasteiger partial charge in [0.25, 0.3) is 0 Å². The molecule has 0 aromatic rings. The van der Waals surface area contributed by atoms with Crippen molar-refractivity contribution >= 4 is 0 Å². The third-order valence-electron chi connectivity index (χ3n) is 1.46. The predicted octanol–water partition coefficient (Wildman–Crippen LogP) is 0.107. The molecule has 0 saturated heterocycles. The predicted molar refractivity (Wildman–Crippen MR) is 40.9 cm³/mol. The highest BCUT2D eigenvalue weighted by atomic mass is 16.7. The Hall–Kier alpha value is -0.630. The van der Waals surface area contributed by atoms with Gasteiger partial charge in [-0.15, -0.1) is 0 Å². The largest absolute Gasteiger partial charge is 0.356 e. The lowest BCUT2D eigenvalue weighted by Gasteiger charge is -2.15. The number of nitrogens with one attached hydrogen (secondary N) is 1. The van der Waals surface area contributed by atoms with Gasteiger partial charge >= 0.3 is 0 Å². The van der Waals surface area contributed by atoms with Gasteiger partial charge in [0, 0.05) is 20.6 Å². The second-order valence-corrected chi connectivity index (χ2v) is 2.11. The van der Waals surface area contributed by atoms with Crippen molar-refractivity contribution < 1.29 is 9.47 Å². The Morgan fingerprint density at radius 2 is 2.00 bits per heavy atom. The number of ether oxygens (including phenoxy) is 2. The monoisotopic (exact) mass is 158 g/mol. The molecule has 0 radical (unpaired) electrons. The van der Waals surface area contributed by atoms with Crippen molar-refractivity contribution in [1.82, 2.24) is 5.32 Å². The summed E-state index contributed by atoms with van der Waals surface area (Å²) in [6.45, 7) is 0. The van der Waals surface area contributed by atoms with Crippen LogP contribution in [-0.4, -0.2) is 33.6 Å². The number of nitriles is 1. The van der Waals surface area contributed by atoms with Gasteiger partial charge in [-0.05, 0) is 7.05 Å². The van der Waals surface area contributed by atoms with Crippen molar-refractivity contribution in [2.24, 2.45) is 0 Å². The van der Waals surface area contributed by atoms with E-state index in [9.17, 15) is 0 Å². The second kappa shape index (κ2) is 6.10. The molecule has 11 heavy (non-hydrogen) atoms. The van der Waals surface area contributed by atoms with Gasteiger partial charge < -0.3 is 14.8 Å². The van der Waals surface area contributed by atoms with Crippen molar-refractivity contribution in [3.8, 4) is 6.07 Å². The number of nitrogens with zero attached hydrogens (tertiary/aromatic N) is 1. The molecule has 0 heterocycles. The third kappa shape index (κ3) is 3.94. The summed E-state index contributed by atoms with van der Waals surface area (Å²) in [6, 6.07) is 1.87. The summed E-state index contributed by atoms with van der Waals surface area (Å²) in [5.74, 6) is 0. The first kappa shape index (κ1) is 10.4.